The second-order valence-electron chi connectivity index (χ2n) is 5.34. The Balaban J connectivity index is 1.49. The first-order chi connectivity index (χ1) is 12.7. The van der Waals surface area contributed by atoms with Gasteiger partial charge in [0.1, 0.15) is 0 Å². The molecule has 0 fully saturated rings. The third-order valence-corrected chi connectivity index (χ3v) is 4.50. The summed E-state index contributed by atoms with van der Waals surface area (Å²) in [7, 11) is 3.15. The fraction of sp³-hybridized carbons (Fsp3) is 0.278. The number of nitrogens with zero attached hydrogens (tertiary/aromatic N) is 2. The normalized spacial score (nSPS) is 10.5. The van der Waals surface area contributed by atoms with Gasteiger partial charge in [-0.1, -0.05) is 17.3 Å². The van der Waals surface area contributed by atoms with Crippen LogP contribution in [-0.2, 0) is 22.6 Å². The lowest BCUT2D eigenvalue weighted by Crippen LogP contribution is -2.06. The summed E-state index contributed by atoms with van der Waals surface area (Å²) in [6, 6.07) is 9.35. The standard InChI is InChI=1S/C18H18N2O5S/c1-22-13-7-5-12(10-14(13)23-2)6-8-17(21)24-11-16-19-18(20-25-16)15-4-3-9-26-15/h3-5,7,9-10H,6,8,11H2,1-2H3. The lowest BCUT2D eigenvalue weighted by molar-refractivity contribution is -0.145. The van der Waals surface area contributed by atoms with E-state index in [1.807, 2.05) is 35.7 Å². The number of esters is 1. The zero-order chi connectivity index (χ0) is 18.4. The molecular weight excluding hydrogens is 356 g/mol. The number of thiophene rings is 1. The van der Waals surface area contributed by atoms with E-state index in [0.29, 0.717) is 23.7 Å². The minimum absolute atomic E-state index is 0.0385. The topological polar surface area (TPSA) is 83.7 Å². The first-order valence-electron chi connectivity index (χ1n) is 7.92. The van der Waals surface area contributed by atoms with Crippen molar-refractivity contribution < 1.29 is 23.5 Å². The van der Waals surface area contributed by atoms with Crippen molar-refractivity contribution in [2.75, 3.05) is 14.2 Å². The number of hydrogen-bond donors (Lipinski definition) is 0. The molecule has 8 heteroatoms. The van der Waals surface area contributed by atoms with Crippen LogP contribution in [0.5, 0.6) is 11.5 Å². The molecule has 0 radical (unpaired) electrons. The fourth-order valence-corrected chi connectivity index (χ4v) is 2.97. The Kier molecular flexibility index (Phi) is 5.85. The van der Waals surface area contributed by atoms with Crippen LogP contribution >= 0.6 is 11.3 Å². The van der Waals surface area contributed by atoms with E-state index in [1.54, 1.807) is 14.2 Å². The van der Waals surface area contributed by atoms with E-state index in [2.05, 4.69) is 10.1 Å². The molecule has 7 nitrogen and oxygen atoms in total. The Labute approximate surface area is 154 Å². The summed E-state index contributed by atoms with van der Waals surface area (Å²) in [5.74, 6) is 1.71. The highest BCUT2D eigenvalue weighted by Gasteiger charge is 2.12. The summed E-state index contributed by atoms with van der Waals surface area (Å²) >= 11 is 1.51. The average Bonchev–Trinajstić information content (AvgIpc) is 3.35. The fourth-order valence-electron chi connectivity index (χ4n) is 2.32. The second-order valence-corrected chi connectivity index (χ2v) is 6.29. The van der Waals surface area contributed by atoms with Crippen molar-refractivity contribution in [3.05, 3.63) is 47.2 Å². The first-order valence-corrected chi connectivity index (χ1v) is 8.80. The van der Waals surface area contributed by atoms with E-state index in [0.717, 1.165) is 10.4 Å². The highest BCUT2D eigenvalue weighted by molar-refractivity contribution is 7.13. The van der Waals surface area contributed by atoms with E-state index in [9.17, 15) is 4.79 Å². The van der Waals surface area contributed by atoms with Crippen molar-refractivity contribution in [1.82, 2.24) is 10.1 Å². The molecule has 0 saturated heterocycles. The third kappa shape index (κ3) is 4.40. The lowest BCUT2D eigenvalue weighted by atomic mass is 10.1. The molecule has 1 aromatic carbocycles. The van der Waals surface area contributed by atoms with Gasteiger partial charge in [-0.05, 0) is 35.6 Å². The number of hydrogen-bond acceptors (Lipinski definition) is 8. The van der Waals surface area contributed by atoms with Crippen LogP contribution in [0.2, 0.25) is 0 Å². The third-order valence-electron chi connectivity index (χ3n) is 3.63. The number of ether oxygens (including phenoxy) is 3. The minimum Gasteiger partial charge on any atom is -0.493 e. The number of carbonyl (C=O) groups excluding carboxylic acids is 1. The molecule has 2 heterocycles. The lowest BCUT2D eigenvalue weighted by Gasteiger charge is -2.09. The molecule has 0 aliphatic carbocycles. The summed E-state index contributed by atoms with van der Waals surface area (Å²) in [4.78, 5) is 17.0. The van der Waals surface area contributed by atoms with Crippen LogP contribution in [0.3, 0.4) is 0 Å². The molecule has 26 heavy (non-hydrogen) atoms. The van der Waals surface area contributed by atoms with Crippen LogP contribution in [0.15, 0.2) is 40.2 Å². The highest BCUT2D eigenvalue weighted by atomic mass is 32.1. The van der Waals surface area contributed by atoms with Crippen molar-refractivity contribution in [2.45, 2.75) is 19.4 Å². The van der Waals surface area contributed by atoms with Crippen molar-refractivity contribution in [3.63, 3.8) is 0 Å². The van der Waals surface area contributed by atoms with Crippen LogP contribution in [0.25, 0.3) is 10.7 Å². The van der Waals surface area contributed by atoms with E-state index >= 15 is 0 Å². The summed E-state index contributed by atoms with van der Waals surface area (Å²) in [6.07, 6.45) is 0.769. The van der Waals surface area contributed by atoms with Crippen LogP contribution in [0.1, 0.15) is 17.9 Å². The molecule has 0 aliphatic heterocycles. The Morgan fingerprint density at radius 1 is 1.19 bits per heavy atom. The van der Waals surface area contributed by atoms with Gasteiger partial charge in [0.2, 0.25) is 5.82 Å². The van der Waals surface area contributed by atoms with Crippen LogP contribution in [-0.4, -0.2) is 30.3 Å². The molecule has 3 rings (SSSR count). The zero-order valence-electron chi connectivity index (χ0n) is 14.4. The number of rotatable bonds is 8. The Morgan fingerprint density at radius 2 is 2.04 bits per heavy atom. The molecule has 0 unspecified atom stereocenters. The number of aryl methyl sites for hydroxylation is 1. The molecule has 0 N–H and O–H groups in total. The number of benzene rings is 1. The van der Waals surface area contributed by atoms with Gasteiger partial charge in [-0.2, -0.15) is 4.98 Å². The number of aromatic nitrogens is 2. The predicted octanol–water partition coefficient (Wildman–Crippen LogP) is 3.49. The van der Waals surface area contributed by atoms with E-state index in [1.165, 1.54) is 11.3 Å². The molecule has 0 atom stereocenters. The monoisotopic (exact) mass is 374 g/mol. The quantitative estimate of drug-likeness (QED) is 0.558. The first kappa shape index (κ1) is 17.9. The van der Waals surface area contributed by atoms with E-state index < -0.39 is 0 Å². The van der Waals surface area contributed by atoms with Gasteiger partial charge in [0.15, 0.2) is 18.1 Å². The smallest absolute Gasteiger partial charge is 0.306 e. The maximum Gasteiger partial charge on any atom is 0.306 e. The molecular formula is C18H18N2O5S. The number of carbonyl (C=O) groups is 1. The van der Waals surface area contributed by atoms with Gasteiger partial charge in [-0.3, -0.25) is 4.79 Å². The van der Waals surface area contributed by atoms with Crippen LogP contribution in [0, 0.1) is 0 Å². The Hall–Kier alpha value is -2.87. The van der Waals surface area contributed by atoms with Gasteiger partial charge in [0.25, 0.3) is 5.89 Å². The summed E-state index contributed by atoms with van der Waals surface area (Å²) in [5, 5.41) is 5.80. The molecule has 0 bridgehead atoms. The summed E-state index contributed by atoms with van der Waals surface area (Å²) in [6.45, 7) is -0.0385. The Morgan fingerprint density at radius 3 is 2.77 bits per heavy atom. The highest BCUT2D eigenvalue weighted by Crippen LogP contribution is 2.28. The number of methoxy groups -OCH3 is 2. The predicted molar refractivity (Wildman–Crippen MR) is 95.3 cm³/mol. The largest absolute Gasteiger partial charge is 0.493 e. The minimum atomic E-state index is -0.337. The van der Waals surface area contributed by atoms with Crippen LogP contribution < -0.4 is 9.47 Å². The van der Waals surface area contributed by atoms with Crippen molar-refractivity contribution in [2.24, 2.45) is 0 Å². The summed E-state index contributed by atoms with van der Waals surface area (Å²) < 4.78 is 20.7. The average molecular weight is 374 g/mol. The van der Waals surface area contributed by atoms with Gasteiger partial charge in [-0.15, -0.1) is 11.3 Å². The Bertz CT molecular complexity index is 860. The molecule has 0 amide bonds. The zero-order valence-corrected chi connectivity index (χ0v) is 15.2. The summed E-state index contributed by atoms with van der Waals surface area (Å²) in [5.41, 5.74) is 0.956. The molecule has 3 aromatic rings. The van der Waals surface area contributed by atoms with Gasteiger partial charge in [-0.25, -0.2) is 0 Å². The molecule has 0 spiro atoms. The second kappa shape index (κ2) is 8.48. The van der Waals surface area contributed by atoms with E-state index in [-0.39, 0.29) is 24.9 Å². The van der Waals surface area contributed by atoms with Gasteiger partial charge >= 0.3 is 5.97 Å². The maximum absolute atomic E-state index is 11.9. The van der Waals surface area contributed by atoms with E-state index in [4.69, 9.17) is 18.7 Å². The van der Waals surface area contributed by atoms with Gasteiger partial charge in [0.05, 0.1) is 19.1 Å². The van der Waals surface area contributed by atoms with Gasteiger partial charge in [0, 0.05) is 6.42 Å². The molecule has 2 aromatic heterocycles. The molecule has 0 saturated carbocycles. The van der Waals surface area contributed by atoms with Crippen molar-refractivity contribution in [1.29, 1.82) is 0 Å². The van der Waals surface area contributed by atoms with Crippen LogP contribution in [0.4, 0.5) is 0 Å². The van der Waals surface area contributed by atoms with Crippen molar-refractivity contribution in [3.8, 4) is 22.2 Å². The maximum atomic E-state index is 11.9. The SMILES string of the molecule is COc1ccc(CCC(=O)OCc2nc(-c3cccs3)no2)cc1OC. The molecule has 0 aliphatic rings. The van der Waals surface area contributed by atoms with Gasteiger partial charge < -0.3 is 18.7 Å². The molecule has 136 valence electrons. The van der Waals surface area contributed by atoms with Crippen molar-refractivity contribution >= 4 is 17.3 Å².